The second-order valence-electron chi connectivity index (χ2n) is 17.7. The highest BCUT2D eigenvalue weighted by atomic mass is 16.5. The number of fused-ring (bicyclic) bond motifs is 2. The summed E-state index contributed by atoms with van der Waals surface area (Å²) in [6, 6.07) is 16.2. The maximum absolute atomic E-state index is 12.9. The second-order valence-corrected chi connectivity index (χ2v) is 17.7. The Morgan fingerprint density at radius 1 is 0.559 bits per heavy atom. The van der Waals surface area contributed by atoms with Crippen LogP contribution in [-0.2, 0) is 38.3 Å². The van der Waals surface area contributed by atoms with E-state index in [4.69, 9.17) is 52.1 Å². The van der Waals surface area contributed by atoms with E-state index in [1.165, 1.54) is 5.56 Å². The second kappa shape index (κ2) is 22.7. The third-order valence-electron chi connectivity index (χ3n) is 13.8. The Bertz CT molecular complexity index is 2430. The SMILES string of the molecule is COc1ccc(C2c3cc(OC)c(OC)cc3CC[N+]2(C)CCCOC(=O)/C=C/C(=O)OCCC[N+]2(C)CCc3cc(OC)c(OC)c(OC)c3C2Cc2cc(OC)c(C)c(OC)c2)cc1OC. The van der Waals surface area contributed by atoms with E-state index in [-0.39, 0.29) is 25.3 Å². The summed E-state index contributed by atoms with van der Waals surface area (Å²) in [5, 5.41) is 0. The molecule has 2 aliphatic heterocycles. The van der Waals surface area contributed by atoms with E-state index in [1.54, 1.807) is 64.0 Å². The summed E-state index contributed by atoms with van der Waals surface area (Å²) < 4.78 is 64.3. The van der Waals surface area contributed by atoms with Gasteiger partial charge in [0.15, 0.2) is 34.5 Å². The normalized spacial score (nSPS) is 19.5. The van der Waals surface area contributed by atoms with Gasteiger partial charge >= 0.3 is 11.9 Å². The summed E-state index contributed by atoms with van der Waals surface area (Å²) in [6.07, 6.45) is 5.67. The fourth-order valence-corrected chi connectivity index (χ4v) is 10.2. The number of esters is 2. The quantitative estimate of drug-likeness (QED) is 0.0332. The molecule has 4 aromatic carbocycles. The Morgan fingerprint density at radius 3 is 1.62 bits per heavy atom. The van der Waals surface area contributed by atoms with E-state index >= 15 is 0 Å². The van der Waals surface area contributed by atoms with Crippen LogP contribution in [0.3, 0.4) is 0 Å². The van der Waals surface area contributed by atoms with Crippen molar-refractivity contribution in [1.29, 1.82) is 0 Å². The molecule has 6 rings (SSSR count). The minimum Gasteiger partial charge on any atom is -0.496 e. The van der Waals surface area contributed by atoms with Crippen LogP contribution in [0.1, 0.15) is 63.9 Å². The number of ether oxygens (including phenoxy) is 11. The van der Waals surface area contributed by atoms with Crippen molar-refractivity contribution in [2.75, 3.05) is 117 Å². The third-order valence-corrected chi connectivity index (χ3v) is 13.8. The van der Waals surface area contributed by atoms with Crippen molar-refractivity contribution in [3.05, 3.63) is 99.6 Å². The van der Waals surface area contributed by atoms with Crippen molar-refractivity contribution >= 4 is 11.9 Å². The molecular formula is C53H70N2O13+2. The summed E-state index contributed by atoms with van der Waals surface area (Å²) in [4.78, 5) is 25.8. The number of quaternary nitrogens is 2. The van der Waals surface area contributed by atoms with Gasteiger partial charge in [-0.1, -0.05) is 0 Å². The first kappa shape index (κ1) is 51.1. The first-order valence-electron chi connectivity index (χ1n) is 23.0. The van der Waals surface area contributed by atoms with Crippen LogP contribution in [0.5, 0.6) is 51.7 Å². The zero-order valence-corrected chi connectivity index (χ0v) is 41.9. The molecule has 2 aliphatic rings. The molecule has 0 saturated carbocycles. The first-order valence-corrected chi connectivity index (χ1v) is 23.0. The summed E-state index contributed by atoms with van der Waals surface area (Å²) in [7, 11) is 19.2. The van der Waals surface area contributed by atoms with Gasteiger partial charge in [0, 0.05) is 60.9 Å². The van der Waals surface area contributed by atoms with Crippen molar-refractivity contribution < 1.29 is 70.7 Å². The number of carbonyl (C=O) groups excluding carboxylic acids is 2. The molecule has 4 aromatic rings. The molecule has 0 saturated heterocycles. The number of nitrogens with zero attached hydrogens (tertiary/aromatic N) is 2. The maximum Gasteiger partial charge on any atom is 0.331 e. The van der Waals surface area contributed by atoms with Gasteiger partial charge in [-0.05, 0) is 72.1 Å². The molecule has 15 heteroatoms. The van der Waals surface area contributed by atoms with Crippen molar-refractivity contribution in [3.63, 3.8) is 0 Å². The van der Waals surface area contributed by atoms with Crippen LogP contribution in [-0.4, -0.2) is 138 Å². The molecule has 0 amide bonds. The molecule has 0 spiro atoms. The van der Waals surface area contributed by atoms with Gasteiger partial charge in [0.1, 0.15) is 23.6 Å². The Morgan fingerprint density at radius 2 is 1.06 bits per heavy atom. The average molecular weight is 943 g/mol. The Labute approximate surface area is 401 Å². The summed E-state index contributed by atoms with van der Waals surface area (Å²) in [6.45, 7) is 5.38. The number of rotatable bonds is 22. The van der Waals surface area contributed by atoms with Crippen LogP contribution >= 0.6 is 0 Å². The maximum atomic E-state index is 12.9. The minimum absolute atomic E-state index is 0.0734. The van der Waals surface area contributed by atoms with Crippen LogP contribution in [0.25, 0.3) is 0 Å². The molecule has 4 atom stereocenters. The van der Waals surface area contributed by atoms with Crippen LogP contribution < -0.4 is 42.6 Å². The van der Waals surface area contributed by atoms with Gasteiger partial charge in [-0.3, -0.25) is 0 Å². The van der Waals surface area contributed by atoms with Gasteiger partial charge in [0.25, 0.3) is 0 Å². The number of methoxy groups -OCH3 is 9. The van der Waals surface area contributed by atoms with E-state index < -0.39 is 11.9 Å². The molecule has 0 bridgehead atoms. The largest absolute Gasteiger partial charge is 0.496 e. The molecule has 0 radical (unpaired) electrons. The topological polar surface area (TPSA) is 136 Å². The molecule has 15 nitrogen and oxygen atoms in total. The zero-order chi connectivity index (χ0) is 49.2. The average Bonchev–Trinajstić information content (AvgIpc) is 3.35. The number of hydrogen-bond acceptors (Lipinski definition) is 13. The monoisotopic (exact) mass is 942 g/mol. The van der Waals surface area contributed by atoms with E-state index in [2.05, 4.69) is 44.4 Å². The van der Waals surface area contributed by atoms with E-state index in [1.807, 2.05) is 25.1 Å². The van der Waals surface area contributed by atoms with E-state index in [0.29, 0.717) is 81.6 Å². The van der Waals surface area contributed by atoms with Crippen molar-refractivity contribution in [2.45, 2.75) is 51.1 Å². The summed E-state index contributed by atoms with van der Waals surface area (Å²) in [5.41, 5.74) is 7.51. The molecule has 4 unspecified atom stereocenters. The molecule has 0 fully saturated rings. The molecule has 0 aliphatic carbocycles. The highest BCUT2D eigenvalue weighted by Gasteiger charge is 2.44. The lowest BCUT2D eigenvalue weighted by atomic mass is 9.85. The van der Waals surface area contributed by atoms with Crippen LogP contribution in [0.15, 0.2) is 60.7 Å². The highest BCUT2D eigenvalue weighted by molar-refractivity contribution is 5.91. The standard InChI is InChI=1S/C53H70N2O13/c1-34-42(59-5)28-35(29-43(34)60-6)27-40-50-37(31-47(64-10)52(65-11)53(50)66-12)20-23-54(40,2)21-13-25-67-48(56)17-18-49(57)68-26-14-22-55(3)24-19-36-30-45(62-8)46(63-9)33-39(36)51(55)38-15-16-41(58-4)44(32-38)61-7/h15-18,28-33,40,51H,13-14,19-27H2,1-12H3/q+2/b18-17+. The zero-order valence-electron chi connectivity index (χ0n) is 41.9. The minimum atomic E-state index is -0.614. The predicted molar refractivity (Wildman–Crippen MR) is 257 cm³/mol. The summed E-state index contributed by atoms with van der Waals surface area (Å²) >= 11 is 0. The van der Waals surface area contributed by atoms with Crippen LogP contribution in [0.4, 0.5) is 0 Å². The van der Waals surface area contributed by atoms with Crippen molar-refractivity contribution in [1.82, 2.24) is 0 Å². The molecule has 0 aromatic heterocycles. The lowest BCUT2D eigenvalue weighted by Crippen LogP contribution is -2.52. The van der Waals surface area contributed by atoms with Gasteiger partial charge in [-0.15, -0.1) is 0 Å². The lowest BCUT2D eigenvalue weighted by Gasteiger charge is -2.46. The Hall–Kier alpha value is -6.32. The van der Waals surface area contributed by atoms with Gasteiger partial charge in [0.05, 0.1) is 123 Å². The Balaban J connectivity index is 1.08. The molecule has 2 heterocycles. The van der Waals surface area contributed by atoms with Gasteiger partial charge < -0.3 is 61.1 Å². The van der Waals surface area contributed by atoms with Gasteiger partial charge in [-0.2, -0.15) is 0 Å². The number of carbonyl (C=O) groups is 2. The van der Waals surface area contributed by atoms with Crippen LogP contribution in [0.2, 0.25) is 0 Å². The molecule has 368 valence electrons. The number of likely N-dealkylation sites (N-methyl/N-ethyl adjacent to an activating group) is 2. The Kier molecular flexibility index (Phi) is 17.0. The number of hydrogen-bond donors (Lipinski definition) is 0. The fraction of sp³-hybridized carbons (Fsp3) is 0.472. The number of benzene rings is 4. The van der Waals surface area contributed by atoms with Crippen LogP contribution in [0, 0.1) is 6.92 Å². The first-order chi connectivity index (χ1) is 32.7. The molecular weight excluding hydrogens is 873 g/mol. The van der Waals surface area contributed by atoms with Crippen molar-refractivity contribution in [3.8, 4) is 51.7 Å². The summed E-state index contributed by atoms with van der Waals surface area (Å²) in [5.74, 6) is 4.69. The van der Waals surface area contributed by atoms with Crippen molar-refractivity contribution in [2.24, 2.45) is 0 Å². The predicted octanol–water partition coefficient (Wildman–Crippen LogP) is 7.57. The fourth-order valence-electron chi connectivity index (χ4n) is 10.2. The molecule has 68 heavy (non-hydrogen) atoms. The molecule has 0 N–H and O–H groups in total. The third kappa shape index (κ3) is 10.8. The lowest BCUT2D eigenvalue weighted by molar-refractivity contribution is -0.941. The van der Waals surface area contributed by atoms with Gasteiger partial charge in [-0.25, -0.2) is 9.59 Å². The van der Waals surface area contributed by atoms with E-state index in [0.717, 1.165) is 83.0 Å². The van der Waals surface area contributed by atoms with E-state index in [9.17, 15) is 9.59 Å². The van der Waals surface area contributed by atoms with Gasteiger partial charge in [0.2, 0.25) is 5.75 Å². The highest BCUT2D eigenvalue weighted by Crippen LogP contribution is 2.51. The smallest absolute Gasteiger partial charge is 0.331 e.